The molecule has 1 aliphatic carbocycles. The molecule has 0 N–H and O–H groups in total. The van der Waals surface area contributed by atoms with Crippen LogP contribution in [0.25, 0.3) is 0 Å². The molecule has 1 aromatic rings. The summed E-state index contributed by atoms with van der Waals surface area (Å²) in [6.07, 6.45) is 1.85. The van der Waals surface area contributed by atoms with Crippen molar-refractivity contribution in [2.45, 2.75) is 79.9 Å². The van der Waals surface area contributed by atoms with Crippen LogP contribution in [-0.2, 0) is 11.5 Å². The Hall–Kier alpha value is -1.54. The molecule has 0 heterocycles. The van der Waals surface area contributed by atoms with Gasteiger partial charge in [-0.2, -0.15) is 0 Å². The molecule has 1 atom stereocenters. The van der Waals surface area contributed by atoms with Gasteiger partial charge in [-0.3, -0.25) is 0 Å². The van der Waals surface area contributed by atoms with Crippen LogP contribution in [0.1, 0.15) is 65.2 Å². The first-order chi connectivity index (χ1) is 12.8. The Morgan fingerprint density at radius 1 is 1.07 bits per heavy atom. The first-order valence-corrected chi connectivity index (χ1v) is 13.8. The van der Waals surface area contributed by atoms with Gasteiger partial charge < -0.3 is 4.74 Å². The summed E-state index contributed by atoms with van der Waals surface area (Å²) in [7, 11) is -1.66. The highest BCUT2D eigenvalue weighted by Gasteiger charge is 2.37. The van der Waals surface area contributed by atoms with Gasteiger partial charge in [-0.25, -0.2) is 0 Å². The van der Waals surface area contributed by atoms with E-state index in [1.165, 1.54) is 22.3 Å². The monoisotopic (exact) mass is 396 g/mol. The molecule has 0 fully saturated rings. The number of ether oxygens (including phenoxy) is 1. The van der Waals surface area contributed by atoms with E-state index in [0.29, 0.717) is 12.5 Å². The Balaban J connectivity index is 2.56. The van der Waals surface area contributed by atoms with Crippen LogP contribution in [0.5, 0.6) is 5.75 Å². The highest BCUT2D eigenvalue weighted by molar-refractivity contribution is 6.84. The van der Waals surface area contributed by atoms with Crippen LogP contribution in [-0.4, -0.2) is 14.7 Å². The van der Waals surface area contributed by atoms with E-state index in [1.54, 1.807) is 16.3 Å². The predicted molar refractivity (Wildman–Crippen MR) is 127 cm³/mol. The van der Waals surface area contributed by atoms with Gasteiger partial charge in [0.25, 0.3) is 0 Å². The van der Waals surface area contributed by atoms with Crippen LogP contribution in [0.15, 0.2) is 46.7 Å². The largest absolute Gasteiger partial charge is 0.489 e. The zero-order valence-electron chi connectivity index (χ0n) is 19.8. The second kappa shape index (κ2) is 8.06. The first kappa shape index (κ1) is 22.7. The molecular formula is C26H40OSi. The minimum atomic E-state index is -1.66. The summed E-state index contributed by atoms with van der Waals surface area (Å²) in [6, 6.07) is 5.77. The highest BCUT2D eigenvalue weighted by Crippen LogP contribution is 2.44. The zero-order valence-corrected chi connectivity index (χ0v) is 20.8. The Morgan fingerprint density at radius 2 is 1.68 bits per heavy atom. The summed E-state index contributed by atoms with van der Waals surface area (Å²) in [5.41, 5.74) is 8.66. The number of benzene rings is 1. The number of hydrogen-bond donors (Lipinski definition) is 0. The minimum absolute atomic E-state index is 0.0491. The molecule has 0 aliphatic heterocycles. The second-order valence-electron chi connectivity index (χ2n) is 10.3. The van der Waals surface area contributed by atoms with Crippen molar-refractivity contribution in [2.24, 2.45) is 5.92 Å². The van der Waals surface area contributed by atoms with E-state index in [-0.39, 0.29) is 5.41 Å². The average Bonchev–Trinajstić information content (AvgIpc) is 2.76. The smallest absolute Gasteiger partial charge is 0.126 e. The molecule has 0 radical (unpaired) electrons. The Morgan fingerprint density at radius 3 is 2.14 bits per heavy atom. The fourth-order valence-corrected chi connectivity index (χ4v) is 8.87. The topological polar surface area (TPSA) is 9.23 Å². The van der Waals surface area contributed by atoms with Gasteiger partial charge in [-0.15, -0.1) is 0 Å². The molecule has 2 rings (SSSR count). The molecular weight excluding hydrogens is 356 g/mol. The zero-order chi connectivity index (χ0) is 21.4. The van der Waals surface area contributed by atoms with Crippen LogP contribution >= 0.6 is 0 Å². The number of hydrogen-bond acceptors (Lipinski definition) is 1. The maximum Gasteiger partial charge on any atom is 0.126 e. The standard InChI is InChI=1S/C26H40OSi/c1-12-13-27-24-22(14-17(2)15-23(24)26(7,8)9)16-28(10,11)25-20(5)18(3)19(4)21(25)6/h12,14-15,20H,1,13,16H2,2-11H3. The third-order valence-electron chi connectivity index (χ3n) is 6.47. The Bertz CT molecular complexity index is 831. The lowest BCUT2D eigenvalue weighted by molar-refractivity contribution is 0.348. The van der Waals surface area contributed by atoms with Crippen molar-refractivity contribution in [3.8, 4) is 5.75 Å². The molecule has 0 bridgehead atoms. The summed E-state index contributed by atoms with van der Waals surface area (Å²) in [4.78, 5) is 0. The van der Waals surface area contributed by atoms with Crippen molar-refractivity contribution < 1.29 is 4.74 Å². The molecule has 154 valence electrons. The van der Waals surface area contributed by atoms with E-state index in [1.807, 2.05) is 6.08 Å². The lowest BCUT2D eigenvalue weighted by Crippen LogP contribution is -2.36. The Labute approximate surface area is 174 Å². The van der Waals surface area contributed by atoms with Gasteiger partial charge in [-0.1, -0.05) is 87.5 Å². The van der Waals surface area contributed by atoms with Crippen LogP contribution in [0.3, 0.4) is 0 Å². The maximum absolute atomic E-state index is 6.28. The molecule has 0 aromatic heterocycles. The summed E-state index contributed by atoms with van der Waals surface area (Å²) >= 11 is 0. The summed E-state index contributed by atoms with van der Waals surface area (Å²) in [6.45, 7) is 27.8. The van der Waals surface area contributed by atoms with Crippen molar-refractivity contribution >= 4 is 8.07 Å². The van der Waals surface area contributed by atoms with E-state index >= 15 is 0 Å². The third kappa shape index (κ3) is 4.38. The van der Waals surface area contributed by atoms with Gasteiger partial charge in [-0.05, 0) is 56.2 Å². The predicted octanol–water partition coefficient (Wildman–Crippen LogP) is 7.49. The van der Waals surface area contributed by atoms with Crippen LogP contribution in [0.2, 0.25) is 13.1 Å². The SMILES string of the molecule is C=CCOc1c(C[Si](C)(C)C2=C(C)C(C)=C(C)C2C)cc(C)cc1C(C)(C)C. The van der Waals surface area contributed by atoms with Gasteiger partial charge in [0.2, 0.25) is 0 Å². The van der Waals surface area contributed by atoms with E-state index in [4.69, 9.17) is 4.74 Å². The first-order valence-electron chi connectivity index (χ1n) is 10.6. The van der Waals surface area contributed by atoms with Crippen LogP contribution in [0.4, 0.5) is 0 Å². The number of rotatable bonds is 6. The molecule has 0 amide bonds. The third-order valence-corrected chi connectivity index (χ3v) is 10.00. The van der Waals surface area contributed by atoms with Gasteiger partial charge >= 0.3 is 0 Å². The van der Waals surface area contributed by atoms with Crippen molar-refractivity contribution in [1.82, 2.24) is 0 Å². The van der Waals surface area contributed by atoms with Gasteiger partial charge in [0.1, 0.15) is 12.4 Å². The van der Waals surface area contributed by atoms with E-state index in [2.05, 4.69) is 87.2 Å². The van der Waals surface area contributed by atoms with Gasteiger partial charge in [0, 0.05) is 5.56 Å². The van der Waals surface area contributed by atoms with Gasteiger partial charge in [0.15, 0.2) is 0 Å². The molecule has 0 saturated carbocycles. The molecule has 1 unspecified atom stereocenters. The van der Waals surface area contributed by atoms with Gasteiger partial charge in [0.05, 0.1) is 8.07 Å². The fraction of sp³-hybridized carbons (Fsp3) is 0.538. The van der Waals surface area contributed by atoms with Crippen molar-refractivity contribution in [3.63, 3.8) is 0 Å². The number of allylic oxidation sites excluding steroid dienone is 4. The van der Waals surface area contributed by atoms with E-state index in [0.717, 1.165) is 11.8 Å². The van der Waals surface area contributed by atoms with E-state index < -0.39 is 8.07 Å². The van der Waals surface area contributed by atoms with Crippen molar-refractivity contribution in [3.05, 3.63) is 63.4 Å². The van der Waals surface area contributed by atoms with Crippen LogP contribution < -0.4 is 4.74 Å². The normalized spacial score (nSPS) is 18.1. The molecule has 1 nitrogen and oxygen atoms in total. The quantitative estimate of drug-likeness (QED) is 0.357. The maximum atomic E-state index is 6.28. The summed E-state index contributed by atoms with van der Waals surface area (Å²) in [5, 5.41) is 1.72. The second-order valence-corrected chi connectivity index (χ2v) is 14.9. The molecule has 28 heavy (non-hydrogen) atoms. The lowest BCUT2D eigenvalue weighted by Gasteiger charge is -2.32. The summed E-state index contributed by atoms with van der Waals surface area (Å²) in [5.74, 6) is 1.66. The fourth-order valence-electron chi connectivity index (χ4n) is 4.88. The van der Waals surface area contributed by atoms with Crippen molar-refractivity contribution in [2.75, 3.05) is 6.61 Å². The average molecular weight is 397 g/mol. The molecule has 0 saturated heterocycles. The number of aryl methyl sites for hydroxylation is 1. The Kier molecular flexibility index (Phi) is 6.55. The minimum Gasteiger partial charge on any atom is -0.489 e. The highest BCUT2D eigenvalue weighted by atomic mass is 28.3. The molecule has 2 heteroatoms. The van der Waals surface area contributed by atoms with Crippen LogP contribution in [0, 0.1) is 12.8 Å². The van der Waals surface area contributed by atoms with E-state index in [9.17, 15) is 0 Å². The molecule has 1 aromatic carbocycles. The lowest BCUT2D eigenvalue weighted by atomic mass is 9.84. The molecule has 0 spiro atoms. The molecule has 1 aliphatic rings. The van der Waals surface area contributed by atoms with Crippen molar-refractivity contribution in [1.29, 1.82) is 0 Å². The summed E-state index contributed by atoms with van der Waals surface area (Å²) < 4.78 is 6.28.